The molecule has 2 saturated carbocycles. The van der Waals surface area contributed by atoms with Crippen LogP contribution in [-0.2, 0) is 18.9 Å². The second-order valence-electron chi connectivity index (χ2n) is 12.7. The Balaban J connectivity index is 1.23. The monoisotopic (exact) mass is 584 g/mol. The van der Waals surface area contributed by atoms with Crippen molar-refractivity contribution in [1.29, 1.82) is 0 Å². The minimum Gasteiger partial charge on any atom is -0.459 e. The Labute approximate surface area is 249 Å². The Bertz CT molecular complexity index is 1180. The summed E-state index contributed by atoms with van der Waals surface area (Å²) in [5, 5.41) is 21.0. The minimum absolute atomic E-state index is 0.108. The van der Waals surface area contributed by atoms with Crippen LogP contribution in [0.3, 0.4) is 0 Å². The molecular formula is C34H48O8. The van der Waals surface area contributed by atoms with Gasteiger partial charge in [0.25, 0.3) is 0 Å². The molecule has 2 aliphatic rings. The summed E-state index contributed by atoms with van der Waals surface area (Å²) in [6.07, 6.45) is 7.83. The molecule has 0 spiro atoms. The first-order chi connectivity index (χ1) is 20.1. The molecule has 0 aliphatic heterocycles. The number of rotatable bonds is 12. The van der Waals surface area contributed by atoms with E-state index in [0.29, 0.717) is 39.3 Å². The highest BCUT2D eigenvalue weighted by Gasteiger charge is 2.40. The SMILES string of the molecule is COC1CCC(C(C)(C)C2CCC(OCC(O)COC(=O)c3ccc(C(=O)OCC(C)O)c4ccccc34)CC2)CC1. The molecule has 0 heterocycles. The van der Waals surface area contributed by atoms with E-state index in [0.717, 1.165) is 44.4 Å². The van der Waals surface area contributed by atoms with Crippen molar-refractivity contribution in [3.05, 3.63) is 47.5 Å². The number of fused-ring (bicyclic) bond motifs is 1. The molecule has 4 rings (SSSR count). The molecule has 2 fully saturated rings. The lowest BCUT2D eigenvalue weighted by Crippen LogP contribution is -2.39. The molecule has 0 radical (unpaired) electrons. The normalized spacial score (nSPS) is 24.6. The Morgan fingerprint density at radius 1 is 0.762 bits per heavy atom. The Morgan fingerprint density at radius 2 is 1.24 bits per heavy atom. The van der Waals surface area contributed by atoms with Gasteiger partial charge >= 0.3 is 11.9 Å². The number of aliphatic hydroxyl groups is 2. The molecular weight excluding hydrogens is 536 g/mol. The topological polar surface area (TPSA) is 112 Å². The zero-order valence-electron chi connectivity index (χ0n) is 25.6. The molecule has 8 heteroatoms. The van der Waals surface area contributed by atoms with Crippen molar-refractivity contribution in [2.45, 2.75) is 96.6 Å². The summed E-state index contributed by atoms with van der Waals surface area (Å²) in [6.45, 7) is 6.22. The van der Waals surface area contributed by atoms with Gasteiger partial charge in [0.15, 0.2) is 0 Å². The van der Waals surface area contributed by atoms with Gasteiger partial charge in [-0.3, -0.25) is 0 Å². The molecule has 0 saturated heterocycles. The molecule has 0 bridgehead atoms. The van der Waals surface area contributed by atoms with Crippen molar-refractivity contribution in [2.75, 3.05) is 26.9 Å². The predicted octanol–water partition coefficient (Wildman–Crippen LogP) is 5.70. The lowest BCUT2D eigenvalue weighted by molar-refractivity contribution is -0.0617. The third kappa shape index (κ3) is 8.10. The largest absolute Gasteiger partial charge is 0.459 e. The maximum atomic E-state index is 12.9. The summed E-state index contributed by atoms with van der Waals surface area (Å²) in [6, 6.07) is 10.1. The number of aliphatic hydroxyl groups excluding tert-OH is 2. The number of methoxy groups -OCH3 is 1. The zero-order valence-corrected chi connectivity index (χ0v) is 25.6. The van der Waals surface area contributed by atoms with E-state index in [-0.39, 0.29) is 25.9 Å². The maximum absolute atomic E-state index is 12.9. The standard InChI is InChI=1S/C34H48O8/c1-22(35)19-41-32(37)30-17-18-31(29-8-6-5-7-28(29)30)33(38)42-21-25(36)20-40-27-15-11-24(12-16-27)34(2,3)23-9-13-26(39-4)14-10-23/h5-8,17-18,22-27,35-36H,9-16,19-21H2,1-4H3. The molecule has 2 atom stereocenters. The van der Waals surface area contributed by atoms with E-state index in [1.54, 1.807) is 24.3 Å². The van der Waals surface area contributed by atoms with Gasteiger partial charge in [-0.1, -0.05) is 38.1 Å². The van der Waals surface area contributed by atoms with Gasteiger partial charge in [-0.2, -0.15) is 0 Å². The highest BCUT2D eigenvalue weighted by Crippen LogP contribution is 2.48. The van der Waals surface area contributed by atoms with Crippen molar-refractivity contribution in [3.63, 3.8) is 0 Å². The number of carbonyl (C=O) groups excluding carboxylic acids is 2. The quantitative estimate of drug-likeness (QED) is 0.306. The molecule has 2 aromatic rings. The zero-order chi connectivity index (χ0) is 30.3. The first kappa shape index (κ1) is 32.4. The van der Waals surface area contributed by atoms with Gasteiger partial charge in [0.1, 0.15) is 19.3 Å². The van der Waals surface area contributed by atoms with E-state index in [4.69, 9.17) is 18.9 Å². The number of hydrogen-bond donors (Lipinski definition) is 2. The smallest absolute Gasteiger partial charge is 0.338 e. The van der Waals surface area contributed by atoms with Crippen molar-refractivity contribution in [3.8, 4) is 0 Å². The van der Waals surface area contributed by atoms with E-state index in [9.17, 15) is 19.8 Å². The fourth-order valence-electron chi connectivity index (χ4n) is 6.82. The summed E-state index contributed by atoms with van der Waals surface area (Å²) in [5.41, 5.74) is 0.896. The van der Waals surface area contributed by atoms with Crippen LogP contribution >= 0.6 is 0 Å². The average molecular weight is 585 g/mol. The van der Waals surface area contributed by atoms with Crippen LogP contribution in [0.4, 0.5) is 0 Å². The van der Waals surface area contributed by atoms with Gasteiger partial charge in [-0.15, -0.1) is 0 Å². The predicted molar refractivity (Wildman–Crippen MR) is 160 cm³/mol. The van der Waals surface area contributed by atoms with Crippen LogP contribution in [0.25, 0.3) is 10.8 Å². The molecule has 42 heavy (non-hydrogen) atoms. The molecule has 8 nitrogen and oxygen atoms in total. The van der Waals surface area contributed by atoms with Crippen molar-refractivity contribution < 1.29 is 38.7 Å². The van der Waals surface area contributed by atoms with Crippen LogP contribution in [0.5, 0.6) is 0 Å². The van der Waals surface area contributed by atoms with E-state index in [1.165, 1.54) is 31.9 Å². The Kier molecular flexibility index (Phi) is 11.4. The first-order valence-corrected chi connectivity index (χ1v) is 15.5. The second-order valence-corrected chi connectivity index (χ2v) is 12.7. The number of carbonyl (C=O) groups is 2. The van der Waals surface area contributed by atoms with E-state index in [1.807, 2.05) is 7.11 Å². The molecule has 2 aliphatic carbocycles. The first-order valence-electron chi connectivity index (χ1n) is 15.5. The number of benzene rings is 2. The van der Waals surface area contributed by atoms with E-state index >= 15 is 0 Å². The lowest BCUT2D eigenvalue weighted by atomic mass is 9.60. The highest BCUT2D eigenvalue weighted by atomic mass is 16.6. The summed E-state index contributed by atoms with van der Waals surface area (Å²) < 4.78 is 22.2. The van der Waals surface area contributed by atoms with Gasteiger partial charge < -0.3 is 29.2 Å². The van der Waals surface area contributed by atoms with Crippen LogP contribution in [0.15, 0.2) is 36.4 Å². The maximum Gasteiger partial charge on any atom is 0.338 e. The Morgan fingerprint density at radius 3 is 1.71 bits per heavy atom. The van der Waals surface area contributed by atoms with Crippen LogP contribution in [-0.4, -0.2) is 73.5 Å². The van der Waals surface area contributed by atoms with Gasteiger partial charge in [-0.05, 0) is 98.4 Å². The van der Waals surface area contributed by atoms with Gasteiger partial charge in [0.2, 0.25) is 0 Å². The van der Waals surface area contributed by atoms with Crippen molar-refractivity contribution in [2.24, 2.45) is 17.3 Å². The van der Waals surface area contributed by atoms with Crippen LogP contribution < -0.4 is 0 Å². The average Bonchev–Trinajstić information content (AvgIpc) is 3.01. The van der Waals surface area contributed by atoms with E-state index in [2.05, 4.69) is 13.8 Å². The summed E-state index contributed by atoms with van der Waals surface area (Å²) in [4.78, 5) is 25.5. The van der Waals surface area contributed by atoms with Crippen molar-refractivity contribution in [1.82, 2.24) is 0 Å². The van der Waals surface area contributed by atoms with Crippen molar-refractivity contribution >= 4 is 22.7 Å². The number of ether oxygens (including phenoxy) is 4. The highest BCUT2D eigenvalue weighted by molar-refractivity contribution is 6.11. The van der Waals surface area contributed by atoms with Gasteiger partial charge in [-0.25, -0.2) is 9.59 Å². The van der Waals surface area contributed by atoms with Crippen LogP contribution in [0.1, 0.15) is 92.9 Å². The number of hydrogen-bond acceptors (Lipinski definition) is 8. The molecule has 232 valence electrons. The third-order valence-corrected chi connectivity index (χ3v) is 9.54. The molecule has 0 aromatic heterocycles. The molecule has 2 unspecified atom stereocenters. The van der Waals surface area contributed by atoms with Gasteiger partial charge in [0.05, 0.1) is 36.0 Å². The second kappa shape index (κ2) is 14.8. The lowest BCUT2D eigenvalue weighted by Gasteiger charge is -2.46. The van der Waals surface area contributed by atoms with Gasteiger partial charge in [0, 0.05) is 7.11 Å². The Hall–Kier alpha value is -2.52. The molecule has 0 amide bonds. The molecule has 2 N–H and O–H groups in total. The van der Waals surface area contributed by atoms with E-state index < -0.39 is 24.1 Å². The summed E-state index contributed by atoms with van der Waals surface area (Å²) in [5.74, 6) is 0.247. The minimum atomic E-state index is -0.930. The number of esters is 2. The van der Waals surface area contributed by atoms with Crippen LogP contribution in [0, 0.1) is 17.3 Å². The fraction of sp³-hybridized carbons (Fsp3) is 0.647. The fourth-order valence-corrected chi connectivity index (χ4v) is 6.82. The molecule has 2 aromatic carbocycles. The third-order valence-electron chi connectivity index (χ3n) is 9.54. The van der Waals surface area contributed by atoms with Crippen LogP contribution in [0.2, 0.25) is 0 Å². The summed E-state index contributed by atoms with van der Waals surface area (Å²) in [7, 11) is 1.82. The summed E-state index contributed by atoms with van der Waals surface area (Å²) >= 11 is 0.